The zero-order valence-corrected chi connectivity index (χ0v) is 5.27. The molecule has 0 aromatic heterocycles. The van der Waals surface area contributed by atoms with Gasteiger partial charge in [-0.15, -0.1) is 0 Å². The van der Waals surface area contributed by atoms with Crippen LogP contribution in [-0.2, 0) is 21.9 Å². The smallest absolute Gasteiger partial charge is 0.412 e. The van der Waals surface area contributed by atoms with Gasteiger partial charge in [0, 0.05) is 17.4 Å². The third-order valence-electron chi connectivity index (χ3n) is 0. The maximum Gasteiger partial charge on any atom is 0.466 e. The normalized spacial score (nSPS) is 7.38. The Morgan fingerprint density at radius 2 is 1.12 bits per heavy atom. The van der Waals surface area contributed by atoms with E-state index in [0.29, 0.717) is 0 Å². The molecule has 5 nitrogen and oxygen atoms in total. The third kappa shape index (κ3) is 208. The van der Waals surface area contributed by atoms with E-state index in [4.69, 9.17) is 19.2 Å². The molecule has 52 valence electrons. The van der Waals surface area contributed by atoms with E-state index < -0.39 is 7.82 Å². The molecule has 8 heteroatoms. The molecule has 0 spiro atoms. The van der Waals surface area contributed by atoms with Gasteiger partial charge in [0.1, 0.15) is 0 Å². The summed E-state index contributed by atoms with van der Waals surface area (Å²) in [7, 11) is -4.64. The Hall–Kier alpha value is 1.13. The van der Waals surface area contributed by atoms with Crippen LogP contribution >= 0.6 is 7.82 Å². The van der Waals surface area contributed by atoms with Crippen LogP contribution in [0.2, 0.25) is 0 Å². The van der Waals surface area contributed by atoms with Crippen LogP contribution in [0.1, 0.15) is 0 Å². The minimum Gasteiger partial charge on any atom is -0.412 e. The Labute approximate surface area is 67.5 Å². The number of rotatable bonds is 0. The maximum atomic E-state index is 8.88. The van der Waals surface area contributed by atoms with Crippen LogP contribution in [0.4, 0.5) is 0 Å². The van der Waals surface area contributed by atoms with Gasteiger partial charge in [0.25, 0.3) is 0 Å². The van der Waals surface area contributed by atoms with Gasteiger partial charge in [-0.1, -0.05) is 0 Å². The zero-order chi connectivity index (χ0) is 4.50. The van der Waals surface area contributed by atoms with Crippen LogP contribution < -0.4 is 0 Å². The molecule has 0 heterocycles. The van der Waals surface area contributed by atoms with Gasteiger partial charge in [0.05, 0.1) is 0 Å². The SMILES string of the molecule is O.O=P(O)(O)O.[AlH3].[Cr]. The first-order chi connectivity index (χ1) is 2.00. The monoisotopic (exact) mass is 198 g/mol. The molecule has 5 N–H and O–H groups in total. The van der Waals surface area contributed by atoms with E-state index in [9.17, 15) is 0 Å². The van der Waals surface area contributed by atoms with Crippen LogP contribution in [0.5, 0.6) is 0 Å². The predicted molar refractivity (Wildman–Crippen MR) is 27.8 cm³/mol. The molecule has 0 amide bonds. The second-order valence-corrected chi connectivity index (χ2v) is 1.54. The average molecular weight is 198 g/mol. The third-order valence-corrected chi connectivity index (χ3v) is 0. The van der Waals surface area contributed by atoms with E-state index in [-0.39, 0.29) is 40.2 Å². The van der Waals surface area contributed by atoms with Crippen LogP contribution in [0.15, 0.2) is 0 Å². The van der Waals surface area contributed by atoms with E-state index in [1.54, 1.807) is 0 Å². The Kier molecular flexibility index (Phi) is 23.3. The summed E-state index contributed by atoms with van der Waals surface area (Å²) in [6.45, 7) is 0. The van der Waals surface area contributed by atoms with Crippen molar-refractivity contribution in [3.63, 3.8) is 0 Å². The van der Waals surface area contributed by atoms with Crippen molar-refractivity contribution in [2.24, 2.45) is 0 Å². The number of phosphoric acid groups is 1. The molecule has 0 unspecified atom stereocenters. The molecule has 0 aromatic carbocycles. The molecular weight excluding hydrogens is 190 g/mol. The van der Waals surface area contributed by atoms with Crippen molar-refractivity contribution in [2.75, 3.05) is 0 Å². The van der Waals surface area contributed by atoms with Gasteiger partial charge in [0.2, 0.25) is 0 Å². The topological polar surface area (TPSA) is 109 Å². The first kappa shape index (κ1) is 22.9. The van der Waals surface area contributed by atoms with E-state index in [1.807, 2.05) is 0 Å². The minimum atomic E-state index is -4.64. The van der Waals surface area contributed by atoms with Gasteiger partial charge in [-0.2, -0.15) is 0 Å². The van der Waals surface area contributed by atoms with E-state index >= 15 is 0 Å². The Morgan fingerprint density at radius 1 is 1.12 bits per heavy atom. The second-order valence-electron chi connectivity index (χ2n) is 0.513. The largest absolute Gasteiger partial charge is 0.466 e. The quantitative estimate of drug-likeness (QED) is 0.285. The molecule has 0 saturated carbocycles. The van der Waals surface area contributed by atoms with E-state index in [0.717, 1.165) is 0 Å². The predicted octanol–water partition coefficient (Wildman–Crippen LogP) is -2.94. The van der Waals surface area contributed by atoms with Crippen LogP contribution in [0.25, 0.3) is 0 Å². The Bertz CT molecular complexity index is 58.6. The summed E-state index contributed by atoms with van der Waals surface area (Å²) >= 11 is 0. The van der Waals surface area contributed by atoms with Crippen LogP contribution in [-0.4, -0.2) is 37.5 Å². The van der Waals surface area contributed by atoms with Crippen molar-refractivity contribution in [3.8, 4) is 0 Å². The number of hydrogen-bond acceptors (Lipinski definition) is 1. The van der Waals surface area contributed by atoms with Gasteiger partial charge in [-0.05, 0) is 0 Å². The van der Waals surface area contributed by atoms with Crippen LogP contribution in [0.3, 0.4) is 0 Å². The molecular formula is H8AlCrO5P. The summed E-state index contributed by atoms with van der Waals surface area (Å²) in [5.74, 6) is 0. The molecule has 0 aromatic rings. The minimum absolute atomic E-state index is 0. The van der Waals surface area contributed by atoms with E-state index in [2.05, 4.69) is 0 Å². The standard InChI is InChI=1S/Al.Cr.H3O4P.H2O.3H/c;;1-5(2,3)4;;;;/h;;(H3,1,2,3,4);1H2;;;. The van der Waals surface area contributed by atoms with Crippen molar-refractivity contribution < 1.29 is 42.1 Å². The van der Waals surface area contributed by atoms with Crippen molar-refractivity contribution in [2.45, 2.75) is 0 Å². The summed E-state index contributed by atoms with van der Waals surface area (Å²) in [6.07, 6.45) is 0. The number of hydrogen-bond donors (Lipinski definition) is 3. The summed E-state index contributed by atoms with van der Waals surface area (Å²) in [6, 6.07) is 0. The fraction of sp³-hybridized carbons (Fsp3) is 0. The maximum absolute atomic E-state index is 8.88. The summed E-state index contributed by atoms with van der Waals surface area (Å²) in [5.41, 5.74) is 0. The summed E-state index contributed by atoms with van der Waals surface area (Å²) in [4.78, 5) is 21.6. The molecule has 0 rings (SSSR count). The molecule has 0 atom stereocenters. The molecule has 0 bridgehead atoms. The Morgan fingerprint density at radius 3 is 1.12 bits per heavy atom. The van der Waals surface area contributed by atoms with Gasteiger partial charge in [-0.25, -0.2) is 4.57 Å². The van der Waals surface area contributed by atoms with E-state index in [1.165, 1.54) is 0 Å². The summed E-state index contributed by atoms with van der Waals surface area (Å²) in [5, 5.41) is 0. The Balaban J connectivity index is -0.0000000267. The van der Waals surface area contributed by atoms with Crippen molar-refractivity contribution in [3.05, 3.63) is 0 Å². The van der Waals surface area contributed by atoms with Crippen molar-refractivity contribution >= 4 is 25.2 Å². The average Bonchev–Trinajstić information content (AvgIpc) is 0.722. The zero-order valence-electron chi connectivity index (χ0n) is 3.11. The summed E-state index contributed by atoms with van der Waals surface area (Å²) < 4.78 is 8.88. The van der Waals surface area contributed by atoms with Gasteiger partial charge >= 0.3 is 7.82 Å². The molecule has 0 fully saturated rings. The van der Waals surface area contributed by atoms with Gasteiger partial charge in [0.15, 0.2) is 17.4 Å². The molecule has 0 saturated heterocycles. The fourth-order valence-electron chi connectivity index (χ4n) is 0. The van der Waals surface area contributed by atoms with Crippen LogP contribution in [0, 0.1) is 0 Å². The molecule has 8 heavy (non-hydrogen) atoms. The van der Waals surface area contributed by atoms with Gasteiger partial charge < -0.3 is 20.2 Å². The van der Waals surface area contributed by atoms with Crippen molar-refractivity contribution in [1.82, 2.24) is 0 Å². The molecule has 0 aliphatic rings. The molecule has 0 radical (unpaired) electrons. The molecule has 0 aliphatic heterocycles. The fourth-order valence-corrected chi connectivity index (χ4v) is 0. The van der Waals surface area contributed by atoms with Crippen molar-refractivity contribution in [1.29, 1.82) is 0 Å². The molecule has 0 aliphatic carbocycles. The van der Waals surface area contributed by atoms with Gasteiger partial charge in [-0.3, -0.25) is 0 Å². The second kappa shape index (κ2) is 8.13. The first-order valence-corrected chi connectivity index (χ1v) is 2.35. The first-order valence-electron chi connectivity index (χ1n) is 0.783.